The SMILES string of the molecule is C=C1N=C2Nc3cc(CNCCN4CCC[C@H](N)C4)ccc3OC2=CN1C1CCCNCC1. The Morgan fingerprint density at radius 3 is 3.06 bits per heavy atom. The number of fused-ring (bicyclic) bond motifs is 2. The zero-order valence-corrected chi connectivity index (χ0v) is 19.5. The van der Waals surface area contributed by atoms with Crippen molar-refractivity contribution in [1.29, 1.82) is 0 Å². The summed E-state index contributed by atoms with van der Waals surface area (Å²) in [5.41, 5.74) is 8.26. The summed E-state index contributed by atoms with van der Waals surface area (Å²) in [6.45, 7) is 11.3. The average Bonchev–Trinajstić information content (AvgIpc) is 3.10. The monoisotopic (exact) mass is 451 g/mol. The minimum absolute atomic E-state index is 0.333. The van der Waals surface area contributed by atoms with E-state index in [4.69, 9.17) is 15.5 Å². The second kappa shape index (κ2) is 10.3. The van der Waals surface area contributed by atoms with Gasteiger partial charge in [-0.05, 0) is 69.4 Å². The lowest BCUT2D eigenvalue weighted by molar-refractivity contribution is 0.209. The van der Waals surface area contributed by atoms with E-state index in [2.05, 4.69) is 50.7 Å². The molecule has 4 heterocycles. The van der Waals surface area contributed by atoms with Gasteiger partial charge in [0.1, 0.15) is 5.82 Å². The molecular formula is C25H37N7O. The molecule has 4 aliphatic heterocycles. The predicted molar refractivity (Wildman–Crippen MR) is 133 cm³/mol. The highest BCUT2D eigenvalue weighted by molar-refractivity contribution is 6.10. The molecule has 2 atom stereocenters. The third-order valence-electron chi connectivity index (χ3n) is 6.96. The van der Waals surface area contributed by atoms with Gasteiger partial charge in [-0.15, -0.1) is 0 Å². The quantitative estimate of drug-likeness (QED) is 0.493. The minimum Gasteiger partial charge on any atom is -0.450 e. The minimum atomic E-state index is 0.333. The molecule has 178 valence electrons. The highest BCUT2D eigenvalue weighted by Gasteiger charge is 2.29. The number of ether oxygens (including phenoxy) is 1. The molecule has 33 heavy (non-hydrogen) atoms. The van der Waals surface area contributed by atoms with Gasteiger partial charge in [-0.2, -0.15) is 0 Å². The van der Waals surface area contributed by atoms with Crippen LogP contribution in [0.25, 0.3) is 0 Å². The van der Waals surface area contributed by atoms with E-state index in [0.717, 1.165) is 93.9 Å². The van der Waals surface area contributed by atoms with Gasteiger partial charge in [0, 0.05) is 38.3 Å². The summed E-state index contributed by atoms with van der Waals surface area (Å²) in [4.78, 5) is 9.39. The Hall–Kier alpha value is -2.39. The lowest BCUT2D eigenvalue weighted by atomic mass is 10.1. The fraction of sp³-hybridized carbons (Fsp3) is 0.560. The number of rotatable bonds is 6. The highest BCUT2D eigenvalue weighted by Crippen LogP contribution is 2.35. The van der Waals surface area contributed by atoms with Crippen molar-refractivity contribution in [3.8, 4) is 5.75 Å². The van der Waals surface area contributed by atoms with Crippen molar-refractivity contribution < 1.29 is 4.74 Å². The van der Waals surface area contributed by atoms with Crippen LogP contribution in [0.15, 0.2) is 47.6 Å². The van der Waals surface area contributed by atoms with Crippen LogP contribution in [0.5, 0.6) is 5.75 Å². The van der Waals surface area contributed by atoms with Crippen molar-refractivity contribution in [2.24, 2.45) is 10.7 Å². The van der Waals surface area contributed by atoms with E-state index in [9.17, 15) is 0 Å². The number of nitrogens with zero attached hydrogens (tertiary/aromatic N) is 3. The highest BCUT2D eigenvalue weighted by atomic mass is 16.5. The maximum atomic E-state index is 6.24. The number of hydrogen-bond donors (Lipinski definition) is 4. The van der Waals surface area contributed by atoms with E-state index in [1.807, 2.05) is 6.07 Å². The van der Waals surface area contributed by atoms with Crippen molar-refractivity contribution in [3.05, 3.63) is 48.1 Å². The van der Waals surface area contributed by atoms with Crippen molar-refractivity contribution in [1.82, 2.24) is 20.4 Å². The molecular weight excluding hydrogens is 414 g/mol. The van der Waals surface area contributed by atoms with E-state index >= 15 is 0 Å². The molecule has 5 rings (SSSR count). The maximum absolute atomic E-state index is 6.24. The summed E-state index contributed by atoms with van der Waals surface area (Å²) < 4.78 is 6.24. The van der Waals surface area contributed by atoms with Gasteiger partial charge >= 0.3 is 0 Å². The summed E-state index contributed by atoms with van der Waals surface area (Å²) in [5.74, 6) is 3.11. The summed E-state index contributed by atoms with van der Waals surface area (Å²) in [6, 6.07) is 7.06. The number of piperidine rings is 1. The van der Waals surface area contributed by atoms with Gasteiger partial charge < -0.3 is 36.2 Å². The van der Waals surface area contributed by atoms with Crippen molar-refractivity contribution in [2.75, 3.05) is 44.6 Å². The van der Waals surface area contributed by atoms with E-state index in [-0.39, 0.29) is 0 Å². The van der Waals surface area contributed by atoms with Gasteiger partial charge in [0.05, 0.1) is 11.9 Å². The number of likely N-dealkylation sites (tertiary alicyclic amines) is 1. The number of aliphatic imine (C=N–C) groups is 1. The summed E-state index contributed by atoms with van der Waals surface area (Å²) in [7, 11) is 0. The van der Waals surface area contributed by atoms with E-state index in [1.54, 1.807) is 0 Å². The lowest BCUT2D eigenvalue weighted by Crippen LogP contribution is -2.45. The molecule has 1 unspecified atom stereocenters. The van der Waals surface area contributed by atoms with Crippen molar-refractivity contribution in [2.45, 2.75) is 50.7 Å². The number of amidine groups is 1. The lowest BCUT2D eigenvalue weighted by Gasteiger charge is -2.35. The molecule has 4 aliphatic rings. The third kappa shape index (κ3) is 5.41. The Bertz CT molecular complexity index is 919. The van der Waals surface area contributed by atoms with Gasteiger partial charge in [-0.1, -0.05) is 12.6 Å². The van der Waals surface area contributed by atoms with Crippen LogP contribution in [0.3, 0.4) is 0 Å². The Morgan fingerprint density at radius 1 is 1.21 bits per heavy atom. The fourth-order valence-corrected chi connectivity index (χ4v) is 5.15. The smallest absolute Gasteiger partial charge is 0.186 e. The molecule has 8 nitrogen and oxygen atoms in total. The number of nitrogens with one attached hydrogen (secondary N) is 3. The molecule has 1 aromatic carbocycles. The Kier molecular flexibility index (Phi) is 6.96. The fourth-order valence-electron chi connectivity index (χ4n) is 5.15. The van der Waals surface area contributed by atoms with Crippen LogP contribution in [0, 0.1) is 0 Å². The molecule has 0 aromatic heterocycles. The largest absolute Gasteiger partial charge is 0.450 e. The molecule has 5 N–H and O–H groups in total. The second-order valence-corrected chi connectivity index (χ2v) is 9.55. The first kappa shape index (κ1) is 22.4. The number of benzene rings is 1. The number of hydrogen-bond acceptors (Lipinski definition) is 8. The molecule has 0 saturated carbocycles. The van der Waals surface area contributed by atoms with E-state index in [1.165, 1.54) is 18.4 Å². The molecule has 0 amide bonds. The first-order valence-electron chi connectivity index (χ1n) is 12.4. The van der Waals surface area contributed by atoms with Gasteiger partial charge in [0.15, 0.2) is 17.3 Å². The van der Waals surface area contributed by atoms with Gasteiger partial charge in [0.2, 0.25) is 0 Å². The van der Waals surface area contributed by atoms with Gasteiger partial charge in [0.25, 0.3) is 0 Å². The van der Waals surface area contributed by atoms with Gasteiger partial charge in [-0.3, -0.25) is 0 Å². The van der Waals surface area contributed by atoms with Crippen molar-refractivity contribution in [3.63, 3.8) is 0 Å². The normalized spacial score (nSPS) is 25.7. The molecule has 2 fully saturated rings. The molecule has 8 heteroatoms. The Morgan fingerprint density at radius 2 is 2.15 bits per heavy atom. The summed E-state index contributed by atoms with van der Waals surface area (Å²) in [6.07, 6.45) is 7.81. The average molecular weight is 452 g/mol. The zero-order valence-electron chi connectivity index (χ0n) is 19.5. The predicted octanol–water partition coefficient (Wildman–Crippen LogP) is 2.17. The molecule has 0 spiro atoms. The van der Waals surface area contributed by atoms with Crippen LogP contribution in [-0.2, 0) is 6.54 Å². The second-order valence-electron chi connectivity index (χ2n) is 9.55. The first-order valence-corrected chi connectivity index (χ1v) is 12.4. The number of nitrogens with two attached hydrogens (primary N) is 1. The standard InChI is InChI=1S/C25H37N7O/c1-18-29-25-24(17-32(18)21-5-2-9-27-10-8-21)33-23-7-6-19(14-22(23)30-25)15-28-11-13-31-12-3-4-20(26)16-31/h6-7,14,17,20-21,27-28H,1-5,8-13,15-16,26H2,(H,29,30)/t20-,21?/m0/s1. The molecule has 0 aliphatic carbocycles. The Balaban J connectivity index is 1.18. The topological polar surface area (TPSA) is 90.2 Å². The molecule has 0 radical (unpaired) electrons. The first-order chi connectivity index (χ1) is 16.2. The summed E-state index contributed by atoms with van der Waals surface area (Å²) in [5, 5.41) is 10.5. The molecule has 2 saturated heterocycles. The van der Waals surface area contributed by atoms with Crippen LogP contribution in [0.4, 0.5) is 5.69 Å². The van der Waals surface area contributed by atoms with Crippen LogP contribution < -0.4 is 26.4 Å². The maximum Gasteiger partial charge on any atom is 0.186 e. The van der Waals surface area contributed by atoms with Crippen LogP contribution in [-0.4, -0.2) is 67.0 Å². The van der Waals surface area contributed by atoms with E-state index < -0.39 is 0 Å². The van der Waals surface area contributed by atoms with Crippen molar-refractivity contribution >= 4 is 11.5 Å². The van der Waals surface area contributed by atoms with Crippen LogP contribution in [0.2, 0.25) is 0 Å². The molecule has 1 aromatic rings. The summed E-state index contributed by atoms with van der Waals surface area (Å²) >= 11 is 0. The number of anilines is 1. The zero-order chi connectivity index (χ0) is 22.6. The van der Waals surface area contributed by atoms with Gasteiger partial charge in [-0.25, -0.2) is 4.99 Å². The van der Waals surface area contributed by atoms with Crippen LogP contribution in [0.1, 0.15) is 37.7 Å². The Labute approximate surface area is 196 Å². The van der Waals surface area contributed by atoms with E-state index in [0.29, 0.717) is 12.1 Å². The molecule has 0 bridgehead atoms. The third-order valence-corrected chi connectivity index (χ3v) is 6.96. The van der Waals surface area contributed by atoms with Crippen LogP contribution >= 0.6 is 0 Å².